The lowest BCUT2D eigenvalue weighted by molar-refractivity contribution is -0.137. The first-order valence-electron chi connectivity index (χ1n) is 12.9. The lowest BCUT2D eigenvalue weighted by Crippen LogP contribution is -2.13. The number of anilines is 1. The van der Waals surface area contributed by atoms with E-state index in [0.717, 1.165) is 24.2 Å². The lowest BCUT2D eigenvalue weighted by Gasteiger charge is -2.12. The molecule has 1 unspecified atom stereocenters. The van der Waals surface area contributed by atoms with Crippen molar-refractivity contribution in [1.29, 1.82) is 0 Å². The number of nitrogens with one attached hydrogen (secondary N) is 1. The van der Waals surface area contributed by atoms with Crippen molar-refractivity contribution < 1.29 is 27.9 Å². The molecule has 7 nitrogen and oxygen atoms in total. The zero-order chi connectivity index (χ0) is 30.3. The molecule has 0 saturated heterocycles. The van der Waals surface area contributed by atoms with Crippen LogP contribution in [0.5, 0.6) is 0 Å². The number of nitrogens with two attached hydrogens (primary N) is 1. The van der Waals surface area contributed by atoms with Gasteiger partial charge in [0.25, 0.3) is 5.91 Å². The van der Waals surface area contributed by atoms with Crippen LogP contribution in [0.4, 0.5) is 18.9 Å². The van der Waals surface area contributed by atoms with Crippen LogP contribution in [0.2, 0.25) is 0 Å². The highest BCUT2D eigenvalue weighted by Gasteiger charge is 2.30. The zero-order valence-corrected chi connectivity index (χ0v) is 22.5. The smallest absolute Gasteiger partial charge is 0.416 e. The summed E-state index contributed by atoms with van der Waals surface area (Å²) < 4.78 is 38.5. The number of hydrogen-bond donors (Lipinski definition) is 3. The van der Waals surface area contributed by atoms with Crippen molar-refractivity contribution >= 4 is 28.5 Å². The molecular formula is C32H27F3N4O3. The number of rotatable bonds is 6. The van der Waals surface area contributed by atoms with Gasteiger partial charge in [-0.2, -0.15) is 13.2 Å². The molecule has 1 atom stereocenters. The van der Waals surface area contributed by atoms with Crippen LogP contribution >= 0.6 is 0 Å². The number of benzene rings is 3. The number of fused-ring (bicyclic) bond motifs is 1. The summed E-state index contributed by atoms with van der Waals surface area (Å²) in [5, 5.41) is 12.4. The second kappa shape index (κ2) is 13.0. The van der Waals surface area contributed by atoms with Gasteiger partial charge in [0.05, 0.1) is 22.3 Å². The number of amides is 1. The van der Waals surface area contributed by atoms with Crippen LogP contribution in [0.1, 0.15) is 51.4 Å². The van der Waals surface area contributed by atoms with Gasteiger partial charge in [-0.1, -0.05) is 49.4 Å². The Labute approximate surface area is 239 Å². The van der Waals surface area contributed by atoms with Crippen molar-refractivity contribution in [3.8, 4) is 11.1 Å². The minimum Gasteiger partial charge on any atom is -0.478 e. The maximum atomic E-state index is 12.9. The van der Waals surface area contributed by atoms with E-state index in [0.29, 0.717) is 33.3 Å². The van der Waals surface area contributed by atoms with Crippen molar-refractivity contribution in [2.24, 2.45) is 5.73 Å². The lowest BCUT2D eigenvalue weighted by atomic mass is 9.98. The summed E-state index contributed by atoms with van der Waals surface area (Å²) in [4.78, 5) is 32.2. The monoisotopic (exact) mass is 572 g/mol. The first-order chi connectivity index (χ1) is 20.1. The summed E-state index contributed by atoms with van der Waals surface area (Å²) in [7, 11) is 0. The molecule has 1 amide bonds. The molecule has 42 heavy (non-hydrogen) atoms. The molecule has 0 aliphatic carbocycles. The standard InChI is InChI=1S/C24H15F3N2O3.C8H12N2/c25-24(26,27)17-8-5-14(6-9-17)19-3-1-2-4-20(19)22(30)29-18-10-7-15-11-16(23(31)32)13-28-21(15)12-18;1-2-7(9)8-5-3-4-6-10-8/h1-13H,(H,29,30)(H,31,32);3-7H,2,9H2,1H3. The molecule has 0 radical (unpaired) electrons. The van der Waals surface area contributed by atoms with E-state index in [4.69, 9.17) is 10.8 Å². The normalized spacial score (nSPS) is 11.7. The fourth-order valence-corrected chi connectivity index (χ4v) is 4.09. The molecule has 2 heterocycles. The van der Waals surface area contributed by atoms with Gasteiger partial charge in [0.15, 0.2) is 0 Å². The minimum absolute atomic E-state index is 0.0553. The Kier molecular flexibility index (Phi) is 9.28. The number of nitrogens with zero attached hydrogens (tertiary/aromatic N) is 2. The summed E-state index contributed by atoms with van der Waals surface area (Å²) in [6.07, 6.45) is -0.497. The van der Waals surface area contributed by atoms with Crippen molar-refractivity contribution in [2.45, 2.75) is 25.6 Å². The third-order valence-corrected chi connectivity index (χ3v) is 6.39. The van der Waals surface area contributed by atoms with Crippen LogP contribution in [0.25, 0.3) is 22.0 Å². The number of aromatic carboxylic acids is 1. The molecule has 0 saturated carbocycles. The van der Waals surface area contributed by atoms with E-state index in [2.05, 4.69) is 22.2 Å². The average molecular weight is 573 g/mol. The van der Waals surface area contributed by atoms with Crippen molar-refractivity contribution in [2.75, 3.05) is 5.32 Å². The van der Waals surface area contributed by atoms with Gasteiger partial charge in [0.1, 0.15) is 0 Å². The molecule has 2 aromatic heterocycles. The van der Waals surface area contributed by atoms with Crippen molar-refractivity contribution in [3.63, 3.8) is 0 Å². The Morgan fingerprint density at radius 2 is 1.64 bits per heavy atom. The first kappa shape index (κ1) is 29.9. The Balaban J connectivity index is 0.000000343. The highest BCUT2D eigenvalue weighted by Crippen LogP contribution is 2.32. The Hall–Kier alpha value is -5.09. The van der Waals surface area contributed by atoms with E-state index in [1.54, 1.807) is 48.7 Å². The Bertz CT molecular complexity index is 1690. The minimum atomic E-state index is -4.44. The van der Waals surface area contributed by atoms with Gasteiger partial charge in [-0.05, 0) is 66.1 Å². The molecule has 0 spiro atoms. The number of carboxylic acids is 1. The molecule has 214 valence electrons. The molecule has 5 aromatic rings. The van der Waals surface area contributed by atoms with Crippen molar-refractivity contribution in [3.05, 3.63) is 126 Å². The van der Waals surface area contributed by atoms with Crippen LogP contribution in [-0.2, 0) is 6.18 Å². The SMILES string of the molecule is CCC(N)c1ccccn1.O=C(O)c1cnc2cc(NC(=O)c3ccccc3-c3ccc(C(F)(F)F)cc3)ccc2c1. The largest absolute Gasteiger partial charge is 0.478 e. The van der Waals surface area contributed by atoms with Gasteiger partial charge in [0.2, 0.25) is 0 Å². The predicted octanol–water partition coefficient (Wildman–Crippen LogP) is 7.36. The van der Waals surface area contributed by atoms with E-state index >= 15 is 0 Å². The summed E-state index contributed by atoms with van der Waals surface area (Å²) >= 11 is 0. The second-order valence-corrected chi connectivity index (χ2v) is 9.28. The van der Waals surface area contributed by atoms with E-state index in [1.165, 1.54) is 24.4 Å². The van der Waals surface area contributed by atoms with Gasteiger partial charge in [-0.25, -0.2) is 4.79 Å². The number of pyridine rings is 2. The number of alkyl halides is 3. The predicted molar refractivity (Wildman–Crippen MR) is 155 cm³/mol. The fraction of sp³-hybridized carbons (Fsp3) is 0.125. The van der Waals surface area contributed by atoms with Crippen LogP contribution in [0.15, 0.2) is 103 Å². The third kappa shape index (κ3) is 7.35. The number of carbonyl (C=O) groups excluding carboxylic acids is 1. The Morgan fingerprint density at radius 3 is 2.29 bits per heavy atom. The first-order valence-corrected chi connectivity index (χ1v) is 12.9. The van der Waals surface area contributed by atoms with E-state index in [9.17, 15) is 22.8 Å². The topological polar surface area (TPSA) is 118 Å². The molecule has 10 heteroatoms. The summed E-state index contributed by atoms with van der Waals surface area (Å²) in [6.45, 7) is 2.05. The van der Waals surface area contributed by atoms with Gasteiger partial charge in [-0.15, -0.1) is 0 Å². The van der Waals surface area contributed by atoms with E-state index in [1.807, 2.05) is 18.2 Å². The molecule has 5 rings (SSSR count). The number of carbonyl (C=O) groups is 2. The maximum Gasteiger partial charge on any atom is 0.416 e. The fourth-order valence-electron chi connectivity index (χ4n) is 4.09. The highest BCUT2D eigenvalue weighted by molar-refractivity contribution is 6.09. The summed E-state index contributed by atoms with van der Waals surface area (Å²) in [5.41, 5.74) is 8.21. The van der Waals surface area contributed by atoms with Gasteiger partial charge < -0.3 is 16.2 Å². The highest BCUT2D eigenvalue weighted by atomic mass is 19.4. The van der Waals surface area contributed by atoms with Crippen molar-refractivity contribution in [1.82, 2.24) is 9.97 Å². The number of aromatic nitrogens is 2. The van der Waals surface area contributed by atoms with Crippen LogP contribution in [0.3, 0.4) is 0 Å². The molecule has 4 N–H and O–H groups in total. The Morgan fingerprint density at radius 1 is 0.929 bits per heavy atom. The number of hydrogen-bond acceptors (Lipinski definition) is 5. The molecule has 0 fully saturated rings. The molecule has 0 aliphatic rings. The van der Waals surface area contributed by atoms with E-state index < -0.39 is 23.6 Å². The van der Waals surface area contributed by atoms with Crippen LogP contribution in [0, 0.1) is 0 Å². The quantitative estimate of drug-likeness (QED) is 0.196. The van der Waals surface area contributed by atoms with Gasteiger partial charge in [-0.3, -0.25) is 14.8 Å². The molecule has 0 aliphatic heterocycles. The molecular weight excluding hydrogens is 545 g/mol. The van der Waals surface area contributed by atoms with Gasteiger partial charge in [0, 0.05) is 35.1 Å². The summed E-state index contributed by atoms with van der Waals surface area (Å²) in [6, 6.07) is 23.5. The molecule has 3 aromatic carbocycles. The molecule has 0 bridgehead atoms. The number of halogens is 3. The van der Waals surface area contributed by atoms with Crippen LogP contribution < -0.4 is 11.1 Å². The third-order valence-electron chi connectivity index (χ3n) is 6.39. The van der Waals surface area contributed by atoms with Gasteiger partial charge >= 0.3 is 12.1 Å². The average Bonchev–Trinajstić information content (AvgIpc) is 3.00. The van der Waals surface area contributed by atoms with E-state index in [-0.39, 0.29) is 11.6 Å². The zero-order valence-electron chi connectivity index (χ0n) is 22.5. The maximum absolute atomic E-state index is 12.9. The van der Waals surface area contributed by atoms with Crippen LogP contribution in [-0.4, -0.2) is 27.0 Å². The summed E-state index contributed by atoms with van der Waals surface area (Å²) in [5.74, 6) is -1.53. The second-order valence-electron chi connectivity index (χ2n) is 9.28. The number of carboxylic acid groups (broad SMARTS) is 1.